The number of hydrogen-bond acceptors (Lipinski definition) is 1. The quantitative estimate of drug-likeness (QED) is 0.692. The van der Waals surface area contributed by atoms with Crippen LogP contribution < -0.4 is 0 Å². The van der Waals surface area contributed by atoms with Crippen LogP contribution in [0, 0.1) is 11.8 Å². The zero-order valence-corrected chi connectivity index (χ0v) is 10.1. The van der Waals surface area contributed by atoms with Crippen molar-refractivity contribution in [2.45, 2.75) is 37.4 Å². The highest BCUT2D eigenvalue weighted by Gasteiger charge is 2.27. The Bertz CT molecular complexity index is 167. The van der Waals surface area contributed by atoms with Crippen LogP contribution in [-0.4, -0.2) is 29.4 Å². The van der Waals surface area contributed by atoms with Crippen LogP contribution in [0.2, 0.25) is 0 Å². The third kappa shape index (κ3) is 2.47. The molecule has 2 atom stereocenters. The Morgan fingerprint density at radius 3 is 2.62 bits per heavy atom. The fraction of sp³-hybridized carbons (Fsp3) is 1.00. The van der Waals surface area contributed by atoms with Gasteiger partial charge in [0.15, 0.2) is 0 Å². The molecule has 0 radical (unpaired) electrons. The molecule has 0 aromatic heterocycles. The summed E-state index contributed by atoms with van der Waals surface area (Å²) < 4.78 is 0. The minimum atomic E-state index is 0.765. The van der Waals surface area contributed by atoms with Gasteiger partial charge in [-0.25, -0.2) is 0 Å². The molecule has 1 heterocycles. The average molecular weight is 246 g/mol. The number of hydrogen-bond donors (Lipinski definition) is 0. The number of alkyl halides is 1. The first kappa shape index (κ1) is 9.97. The summed E-state index contributed by atoms with van der Waals surface area (Å²) in [6, 6.07) is 0. The smallest absolute Gasteiger partial charge is 0.0285 e. The van der Waals surface area contributed by atoms with Gasteiger partial charge >= 0.3 is 0 Å². The van der Waals surface area contributed by atoms with Gasteiger partial charge in [-0.1, -0.05) is 42.1 Å². The van der Waals surface area contributed by atoms with Gasteiger partial charge in [0, 0.05) is 17.9 Å². The molecular weight excluding hydrogens is 226 g/mol. The molecule has 2 rings (SSSR count). The highest BCUT2D eigenvalue weighted by atomic mass is 79.9. The van der Waals surface area contributed by atoms with Crippen molar-refractivity contribution in [3.63, 3.8) is 0 Å². The topological polar surface area (TPSA) is 3.24 Å². The van der Waals surface area contributed by atoms with Crippen molar-refractivity contribution in [1.29, 1.82) is 0 Å². The molecule has 0 spiro atoms. The van der Waals surface area contributed by atoms with Gasteiger partial charge in [-0.2, -0.15) is 0 Å². The molecule has 1 nitrogen and oxygen atoms in total. The first-order valence-electron chi connectivity index (χ1n) is 5.62. The number of rotatable bonds is 3. The molecule has 1 aliphatic carbocycles. The van der Waals surface area contributed by atoms with Crippen molar-refractivity contribution in [2.75, 3.05) is 19.6 Å². The van der Waals surface area contributed by atoms with Crippen LogP contribution in [0.3, 0.4) is 0 Å². The summed E-state index contributed by atoms with van der Waals surface area (Å²) >= 11 is 3.70. The van der Waals surface area contributed by atoms with Crippen LogP contribution in [-0.2, 0) is 0 Å². The van der Waals surface area contributed by atoms with Gasteiger partial charge in [0.2, 0.25) is 0 Å². The summed E-state index contributed by atoms with van der Waals surface area (Å²) in [6.45, 7) is 6.36. The summed E-state index contributed by atoms with van der Waals surface area (Å²) in [7, 11) is 0. The highest BCUT2D eigenvalue weighted by Crippen LogP contribution is 2.34. The molecule has 1 saturated heterocycles. The fourth-order valence-corrected chi connectivity index (χ4v) is 3.13. The molecule has 0 aromatic rings. The molecule has 2 unspecified atom stereocenters. The van der Waals surface area contributed by atoms with E-state index in [1.807, 2.05) is 0 Å². The molecule has 13 heavy (non-hydrogen) atoms. The van der Waals surface area contributed by atoms with E-state index in [1.165, 1.54) is 45.3 Å². The lowest BCUT2D eigenvalue weighted by Gasteiger charge is -2.33. The van der Waals surface area contributed by atoms with Gasteiger partial charge in [0.1, 0.15) is 0 Å². The lowest BCUT2D eigenvalue weighted by atomic mass is 9.76. The maximum Gasteiger partial charge on any atom is 0.0285 e. The number of nitrogens with zero attached hydrogens (tertiary/aromatic N) is 1. The molecule has 0 aromatic carbocycles. The van der Waals surface area contributed by atoms with Crippen molar-refractivity contribution in [1.82, 2.24) is 4.90 Å². The molecule has 2 heteroatoms. The maximum absolute atomic E-state index is 3.70. The van der Waals surface area contributed by atoms with Gasteiger partial charge in [-0.05, 0) is 24.8 Å². The Morgan fingerprint density at radius 1 is 1.38 bits per heavy atom. The Hall–Kier alpha value is 0.440. The van der Waals surface area contributed by atoms with Crippen molar-refractivity contribution in [3.8, 4) is 0 Å². The largest absolute Gasteiger partial charge is 0.302 e. The molecular formula is C11H20BrN. The molecule has 76 valence electrons. The molecule has 2 aliphatic rings. The van der Waals surface area contributed by atoms with Gasteiger partial charge < -0.3 is 4.90 Å². The van der Waals surface area contributed by atoms with Gasteiger partial charge in [0.25, 0.3) is 0 Å². The first-order valence-corrected chi connectivity index (χ1v) is 6.53. The lowest BCUT2D eigenvalue weighted by Crippen LogP contribution is -2.32. The molecule has 0 bridgehead atoms. The van der Waals surface area contributed by atoms with E-state index in [4.69, 9.17) is 0 Å². The van der Waals surface area contributed by atoms with Crippen LogP contribution in [0.25, 0.3) is 0 Å². The van der Waals surface area contributed by atoms with E-state index in [0.717, 1.165) is 16.7 Å². The van der Waals surface area contributed by atoms with Crippen LogP contribution in [0.15, 0.2) is 0 Å². The molecule has 1 saturated carbocycles. The molecule has 2 fully saturated rings. The standard InChI is InChI=1S/C11H20BrN/c1-9(10-3-2-4-10)7-13-6-5-11(12)8-13/h9-11H,2-8H2,1H3. The predicted octanol–water partition coefficient (Wildman–Crippen LogP) is 2.89. The zero-order valence-electron chi connectivity index (χ0n) is 8.51. The Kier molecular flexibility index (Phi) is 3.31. The minimum absolute atomic E-state index is 0.765. The van der Waals surface area contributed by atoms with E-state index in [2.05, 4.69) is 27.8 Å². The molecule has 0 amide bonds. The monoisotopic (exact) mass is 245 g/mol. The SMILES string of the molecule is CC(CN1CCC(Br)C1)C1CCC1. The van der Waals surface area contributed by atoms with Crippen molar-refractivity contribution in [3.05, 3.63) is 0 Å². The van der Waals surface area contributed by atoms with Crippen LogP contribution in [0.4, 0.5) is 0 Å². The van der Waals surface area contributed by atoms with Gasteiger partial charge in [0.05, 0.1) is 0 Å². The third-order valence-corrected chi connectivity index (χ3v) is 4.46. The number of likely N-dealkylation sites (tertiary alicyclic amines) is 1. The van der Waals surface area contributed by atoms with Gasteiger partial charge in [-0.3, -0.25) is 0 Å². The molecule has 0 N–H and O–H groups in total. The lowest BCUT2D eigenvalue weighted by molar-refractivity contribution is 0.167. The van der Waals surface area contributed by atoms with Crippen LogP contribution in [0.1, 0.15) is 32.6 Å². The van der Waals surface area contributed by atoms with Crippen molar-refractivity contribution >= 4 is 15.9 Å². The zero-order chi connectivity index (χ0) is 9.26. The second kappa shape index (κ2) is 4.31. The van der Waals surface area contributed by atoms with Crippen molar-refractivity contribution in [2.24, 2.45) is 11.8 Å². The Labute approximate surface area is 90.0 Å². The van der Waals surface area contributed by atoms with Gasteiger partial charge in [-0.15, -0.1) is 0 Å². The predicted molar refractivity (Wildman–Crippen MR) is 60.3 cm³/mol. The summed E-state index contributed by atoms with van der Waals surface area (Å²) in [4.78, 5) is 3.39. The van der Waals surface area contributed by atoms with E-state index in [0.29, 0.717) is 0 Å². The second-order valence-electron chi connectivity index (χ2n) is 4.81. The fourth-order valence-electron chi connectivity index (χ4n) is 2.52. The summed E-state index contributed by atoms with van der Waals surface area (Å²) in [5.74, 6) is 1.99. The van der Waals surface area contributed by atoms with E-state index >= 15 is 0 Å². The average Bonchev–Trinajstić information content (AvgIpc) is 2.31. The summed E-state index contributed by atoms with van der Waals surface area (Å²) in [5, 5.41) is 0. The van der Waals surface area contributed by atoms with E-state index < -0.39 is 0 Å². The third-order valence-electron chi connectivity index (χ3n) is 3.72. The summed E-state index contributed by atoms with van der Waals surface area (Å²) in [6.07, 6.45) is 5.81. The number of halogens is 1. The van der Waals surface area contributed by atoms with E-state index in [-0.39, 0.29) is 0 Å². The first-order chi connectivity index (χ1) is 6.25. The van der Waals surface area contributed by atoms with Crippen molar-refractivity contribution < 1.29 is 0 Å². The Balaban J connectivity index is 1.71. The Morgan fingerprint density at radius 2 is 2.15 bits per heavy atom. The van der Waals surface area contributed by atoms with E-state index in [9.17, 15) is 0 Å². The summed E-state index contributed by atoms with van der Waals surface area (Å²) in [5.41, 5.74) is 0. The van der Waals surface area contributed by atoms with Crippen LogP contribution in [0.5, 0.6) is 0 Å². The normalized spacial score (nSPS) is 33.2. The van der Waals surface area contributed by atoms with Crippen LogP contribution >= 0.6 is 15.9 Å². The van der Waals surface area contributed by atoms with E-state index in [1.54, 1.807) is 0 Å². The highest BCUT2D eigenvalue weighted by molar-refractivity contribution is 9.09. The maximum atomic E-state index is 3.70. The molecule has 1 aliphatic heterocycles. The minimum Gasteiger partial charge on any atom is -0.302 e. The second-order valence-corrected chi connectivity index (χ2v) is 6.11.